The second-order valence-electron chi connectivity index (χ2n) is 7.79. The van der Waals surface area contributed by atoms with Crippen LogP contribution in [-0.2, 0) is 26.0 Å². The van der Waals surface area contributed by atoms with Crippen LogP contribution in [0.15, 0.2) is 53.4 Å². The number of rotatable bonds is 10. The van der Waals surface area contributed by atoms with Gasteiger partial charge in [-0.3, -0.25) is 4.79 Å². The minimum Gasteiger partial charge on any atom is -0.497 e. The largest absolute Gasteiger partial charge is 0.497 e. The molecule has 0 radical (unpaired) electrons. The van der Waals surface area contributed by atoms with E-state index < -0.39 is 22.0 Å². The summed E-state index contributed by atoms with van der Waals surface area (Å²) < 4.78 is 43.9. The molecule has 0 saturated carbocycles. The fourth-order valence-electron chi connectivity index (χ4n) is 3.84. The number of hydrogen-bond donors (Lipinski definition) is 0. The van der Waals surface area contributed by atoms with Crippen LogP contribution < -0.4 is 9.47 Å². The van der Waals surface area contributed by atoms with E-state index in [1.807, 2.05) is 18.2 Å². The molecule has 0 amide bonds. The predicted octanol–water partition coefficient (Wildman–Crippen LogP) is 3.81. The van der Waals surface area contributed by atoms with Gasteiger partial charge in [0, 0.05) is 24.7 Å². The van der Waals surface area contributed by atoms with Crippen molar-refractivity contribution in [2.75, 3.05) is 27.4 Å². The van der Waals surface area contributed by atoms with E-state index in [2.05, 4.69) is 12.1 Å². The number of sulfonamides is 1. The van der Waals surface area contributed by atoms with E-state index in [4.69, 9.17) is 14.2 Å². The Balaban J connectivity index is 1.63. The van der Waals surface area contributed by atoms with Gasteiger partial charge in [-0.05, 0) is 44.1 Å². The number of ether oxygens (including phenoxy) is 3. The highest BCUT2D eigenvalue weighted by molar-refractivity contribution is 7.89. The molecule has 0 N–H and O–H groups in total. The molecule has 174 valence electrons. The summed E-state index contributed by atoms with van der Waals surface area (Å²) in [6.45, 7) is 0.554. The molecule has 7 nitrogen and oxygen atoms in total. The summed E-state index contributed by atoms with van der Waals surface area (Å²) in [5.74, 6) is 0.262. The zero-order valence-corrected chi connectivity index (χ0v) is 19.5. The lowest BCUT2D eigenvalue weighted by Gasteiger charge is -2.33. The number of unbranched alkanes of at least 4 members (excludes halogenated alkanes) is 1. The zero-order chi connectivity index (χ0) is 23.0. The summed E-state index contributed by atoms with van der Waals surface area (Å²) in [5, 5.41) is 0. The van der Waals surface area contributed by atoms with Crippen LogP contribution in [0.5, 0.6) is 11.5 Å². The zero-order valence-electron chi connectivity index (χ0n) is 18.7. The number of carbonyl (C=O) groups excluding carboxylic acids is 1. The first kappa shape index (κ1) is 24.1. The molecule has 2 aromatic carbocycles. The van der Waals surface area contributed by atoms with Crippen molar-refractivity contribution >= 4 is 16.0 Å². The van der Waals surface area contributed by atoms with E-state index in [0.29, 0.717) is 24.3 Å². The molecule has 1 heterocycles. The molecule has 0 aromatic heterocycles. The number of nitrogens with zero attached hydrogens (tertiary/aromatic N) is 1. The van der Waals surface area contributed by atoms with E-state index in [1.165, 1.54) is 36.2 Å². The van der Waals surface area contributed by atoms with E-state index in [0.717, 1.165) is 25.7 Å². The van der Waals surface area contributed by atoms with E-state index in [9.17, 15) is 13.2 Å². The minimum absolute atomic E-state index is 0.0382. The van der Waals surface area contributed by atoms with Gasteiger partial charge < -0.3 is 14.2 Å². The molecular weight excluding hydrogens is 430 g/mol. The van der Waals surface area contributed by atoms with Crippen molar-refractivity contribution in [3.05, 3.63) is 54.1 Å². The van der Waals surface area contributed by atoms with Crippen LogP contribution in [0, 0.1) is 0 Å². The summed E-state index contributed by atoms with van der Waals surface area (Å²) >= 11 is 0. The first-order valence-corrected chi connectivity index (χ1v) is 12.3. The van der Waals surface area contributed by atoms with Crippen molar-refractivity contribution < 1.29 is 27.4 Å². The van der Waals surface area contributed by atoms with Crippen molar-refractivity contribution in [2.24, 2.45) is 0 Å². The van der Waals surface area contributed by atoms with Crippen LogP contribution in [0.4, 0.5) is 0 Å². The Morgan fingerprint density at radius 2 is 1.69 bits per heavy atom. The molecule has 0 aliphatic carbocycles. The highest BCUT2D eigenvalue weighted by Crippen LogP contribution is 2.31. The first-order valence-electron chi connectivity index (χ1n) is 10.9. The summed E-state index contributed by atoms with van der Waals surface area (Å²) in [4.78, 5) is 12.8. The van der Waals surface area contributed by atoms with Gasteiger partial charge in [-0.2, -0.15) is 4.31 Å². The molecule has 0 spiro atoms. The monoisotopic (exact) mass is 461 g/mol. The van der Waals surface area contributed by atoms with Crippen LogP contribution >= 0.6 is 0 Å². The van der Waals surface area contributed by atoms with E-state index in [-0.39, 0.29) is 18.0 Å². The van der Waals surface area contributed by atoms with Gasteiger partial charge in [0.25, 0.3) is 0 Å². The number of carbonyl (C=O) groups is 1. The summed E-state index contributed by atoms with van der Waals surface area (Å²) in [6.07, 6.45) is 4.46. The highest BCUT2D eigenvalue weighted by Gasteiger charge is 2.39. The molecule has 8 heteroatoms. The Hall–Kier alpha value is -2.58. The number of hydrogen-bond acceptors (Lipinski definition) is 6. The minimum atomic E-state index is -3.92. The normalized spacial score (nSPS) is 17.0. The van der Waals surface area contributed by atoms with E-state index in [1.54, 1.807) is 6.07 Å². The second kappa shape index (κ2) is 11.3. The standard InChI is InChI=1S/C24H31NO6S/c1-29-20-16-21(30-2)18-22(17-20)32(27,28)25-14-8-6-13-23(25)24(26)31-15-9-7-12-19-10-4-3-5-11-19/h3-5,10-11,16-18,23H,6-9,12-15H2,1-2H3. The Bertz CT molecular complexity index is 971. The van der Waals surface area contributed by atoms with Crippen LogP contribution in [-0.4, -0.2) is 52.1 Å². The molecule has 3 rings (SSSR count). The quantitative estimate of drug-likeness (QED) is 0.395. The predicted molar refractivity (Wildman–Crippen MR) is 121 cm³/mol. The smallest absolute Gasteiger partial charge is 0.324 e. The highest BCUT2D eigenvalue weighted by atomic mass is 32.2. The third-order valence-electron chi connectivity index (χ3n) is 5.60. The fourth-order valence-corrected chi connectivity index (χ4v) is 5.54. The Kier molecular flexibility index (Phi) is 8.53. The SMILES string of the molecule is COc1cc(OC)cc(S(=O)(=O)N2CCCCC2C(=O)OCCCCc2ccccc2)c1. The molecule has 1 saturated heterocycles. The first-order chi connectivity index (χ1) is 15.5. The summed E-state index contributed by atoms with van der Waals surface area (Å²) in [6, 6.07) is 13.8. The van der Waals surface area contributed by atoms with Gasteiger partial charge in [0.2, 0.25) is 10.0 Å². The molecule has 1 unspecified atom stereocenters. The van der Waals surface area contributed by atoms with Gasteiger partial charge >= 0.3 is 5.97 Å². The van der Waals surface area contributed by atoms with Gasteiger partial charge in [-0.1, -0.05) is 30.3 Å². The van der Waals surface area contributed by atoms with Crippen molar-refractivity contribution in [3.63, 3.8) is 0 Å². The van der Waals surface area contributed by atoms with Crippen molar-refractivity contribution in [1.82, 2.24) is 4.31 Å². The number of benzene rings is 2. The average Bonchev–Trinajstić information content (AvgIpc) is 2.83. The molecule has 1 aliphatic rings. The van der Waals surface area contributed by atoms with Crippen molar-refractivity contribution in [1.29, 1.82) is 0 Å². The Morgan fingerprint density at radius 1 is 1.00 bits per heavy atom. The summed E-state index contributed by atoms with van der Waals surface area (Å²) in [7, 11) is -0.996. The lowest BCUT2D eigenvalue weighted by molar-refractivity contribution is -0.149. The maximum atomic E-state index is 13.4. The maximum absolute atomic E-state index is 13.4. The Morgan fingerprint density at radius 3 is 2.34 bits per heavy atom. The van der Waals surface area contributed by atoms with Crippen LogP contribution in [0.25, 0.3) is 0 Å². The third-order valence-corrected chi connectivity index (χ3v) is 7.49. The summed E-state index contributed by atoms with van der Waals surface area (Å²) in [5.41, 5.74) is 1.25. The molecule has 2 aromatic rings. The number of methoxy groups -OCH3 is 2. The molecular formula is C24H31NO6S. The molecule has 1 atom stereocenters. The number of aryl methyl sites for hydroxylation is 1. The topological polar surface area (TPSA) is 82.1 Å². The van der Waals surface area contributed by atoms with Crippen LogP contribution in [0.1, 0.15) is 37.7 Å². The van der Waals surface area contributed by atoms with Crippen LogP contribution in [0.3, 0.4) is 0 Å². The van der Waals surface area contributed by atoms with Crippen molar-refractivity contribution in [3.8, 4) is 11.5 Å². The van der Waals surface area contributed by atoms with Gasteiger partial charge in [0.1, 0.15) is 17.5 Å². The molecule has 32 heavy (non-hydrogen) atoms. The lowest BCUT2D eigenvalue weighted by Crippen LogP contribution is -2.48. The van der Waals surface area contributed by atoms with Crippen LogP contribution in [0.2, 0.25) is 0 Å². The van der Waals surface area contributed by atoms with E-state index >= 15 is 0 Å². The average molecular weight is 462 g/mol. The fraction of sp³-hybridized carbons (Fsp3) is 0.458. The number of esters is 1. The van der Waals surface area contributed by atoms with Crippen molar-refractivity contribution in [2.45, 2.75) is 49.5 Å². The van der Waals surface area contributed by atoms with Gasteiger partial charge in [-0.25, -0.2) is 8.42 Å². The molecule has 1 aliphatic heterocycles. The van der Waals surface area contributed by atoms with Gasteiger partial charge in [0.05, 0.1) is 25.7 Å². The lowest BCUT2D eigenvalue weighted by atomic mass is 10.1. The Labute approximate surface area is 190 Å². The number of piperidine rings is 1. The second-order valence-corrected chi connectivity index (χ2v) is 9.68. The van der Waals surface area contributed by atoms with Gasteiger partial charge in [0.15, 0.2) is 0 Å². The molecule has 1 fully saturated rings. The van der Waals surface area contributed by atoms with Gasteiger partial charge in [-0.15, -0.1) is 0 Å². The third kappa shape index (κ3) is 6.01. The maximum Gasteiger partial charge on any atom is 0.324 e. The molecule has 0 bridgehead atoms.